The van der Waals surface area contributed by atoms with Gasteiger partial charge in [-0.15, -0.1) is 11.3 Å². The number of nitrogens with one attached hydrogen (secondary N) is 1. The van der Waals surface area contributed by atoms with E-state index < -0.39 is 0 Å². The molecule has 0 unspecified atom stereocenters. The summed E-state index contributed by atoms with van der Waals surface area (Å²) in [6.07, 6.45) is 3.25. The molecule has 90 valence electrons. The largest absolute Gasteiger partial charge is 0.479 e. The number of hydrogen-bond donors (Lipinski definition) is 2. The number of aryl methyl sites for hydroxylation is 1. The Labute approximate surface area is 103 Å². The van der Waals surface area contributed by atoms with Crippen molar-refractivity contribution >= 4 is 22.8 Å². The van der Waals surface area contributed by atoms with Gasteiger partial charge in [-0.25, -0.2) is 9.97 Å². The number of ether oxygens (including phenoxy) is 1. The normalized spacial score (nSPS) is 10.2. The molecule has 7 heteroatoms. The average molecular weight is 251 g/mol. The van der Waals surface area contributed by atoms with Crippen molar-refractivity contribution in [3.05, 3.63) is 22.4 Å². The number of nitrogens with two attached hydrogens (primary N) is 1. The van der Waals surface area contributed by atoms with E-state index in [9.17, 15) is 0 Å². The number of aromatic nitrogens is 3. The van der Waals surface area contributed by atoms with Gasteiger partial charge in [-0.3, -0.25) is 0 Å². The minimum atomic E-state index is 0.378. The van der Waals surface area contributed by atoms with Crippen LogP contribution < -0.4 is 15.8 Å². The van der Waals surface area contributed by atoms with Crippen LogP contribution in [0.15, 0.2) is 12.5 Å². The number of rotatable bonds is 4. The van der Waals surface area contributed by atoms with Gasteiger partial charge < -0.3 is 15.8 Å². The molecule has 0 fully saturated rings. The SMILES string of the molecule is COc1ncnc(NCc2cnc(C)s2)c1N. The minimum absolute atomic E-state index is 0.378. The lowest BCUT2D eigenvalue weighted by atomic mass is 10.4. The second-order valence-corrected chi connectivity index (χ2v) is 4.66. The molecule has 2 aromatic heterocycles. The second-order valence-electron chi connectivity index (χ2n) is 3.34. The number of hydrogen-bond acceptors (Lipinski definition) is 7. The lowest BCUT2D eigenvalue weighted by Crippen LogP contribution is -2.06. The zero-order valence-electron chi connectivity index (χ0n) is 9.60. The molecule has 2 rings (SSSR count). The summed E-state index contributed by atoms with van der Waals surface area (Å²) in [5.41, 5.74) is 6.25. The standard InChI is InChI=1S/C10H13N5OS/c1-6-12-3-7(17-6)4-13-9-8(11)10(16-2)15-5-14-9/h3,5H,4,11H2,1-2H3,(H,13,14,15). The third kappa shape index (κ3) is 2.62. The molecule has 0 atom stereocenters. The number of thiazole rings is 1. The number of nitrogen functional groups attached to an aromatic ring is 1. The fraction of sp³-hybridized carbons (Fsp3) is 0.300. The fourth-order valence-corrected chi connectivity index (χ4v) is 2.08. The van der Waals surface area contributed by atoms with Gasteiger partial charge in [-0.05, 0) is 6.92 Å². The summed E-state index contributed by atoms with van der Waals surface area (Å²) in [7, 11) is 1.52. The van der Waals surface area contributed by atoms with Crippen molar-refractivity contribution in [1.82, 2.24) is 15.0 Å². The molecular weight excluding hydrogens is 238 g/mol. The monoisotopic (exact) mass is 251 g/mol. The van der Waals surface area contributed by atoms with Crippen LogP contribution in [0.5, 0.6) is 5.88 Å². The predicted octanol–water partition coefficient (Wildman–Crippen LogP) is 1.44. The van der Waals surface area contributed by atoms with Crippen molar-refractivity contribution in [3.63, 3.8) is 0 Å². The Balaban J connectivity index is 2.09. The van der Waals surface area contributed by atoms with Gasteiger partial charge in [0.05, 0.1) is 18.7 Å². The van der Waals surface area contributed by atoms with Gasteiger partial charge >= 0.3 is 0 Å². The van der Waals surface area contributed by atoms with E-state index in [1.807, 2.05) is 13.1 Å². The van der Waals surface area contributed by atoms with Crippen molar-refractivity contribution in [2.45, 2.75) is 13.5 Å². The van der Waals surface area contributed by atoms with Gasteiger partial charge in [-0.2, -0.15) is 4.98 Å². The van der Waals surface area contributed by atoms with Crippen LogP contribution in [0, 0.1) is 6.92 Å². The zero-order chi connectivity index (χ0) is 12.3. The lowest BCUT2D eigenvalue weighted by Gasteiger charge is -2.08. The van der Waals surface area contributed by atoms with E-state index in [-0.39, 0.29) is 0 Å². The average Bonchev–Trinajstić information content (AvgIpc) is 2.74. The van der Waals surface area contributed by atoms with Crippen LogP contribution in [0.1, 0.15) is 9.88 Å². The number of nitrogens with zero attached hydrogens (tertiary/aromatic N) is 3. The third-order valence-electron chi connectivity index (χ3n) is 2.14. The smallest absolute Gasteiger partial charge is 0.242 e. The van der Waals surface area contributed by atoms with Crippen LogP contribution in [0.25, 0.3) is 0 Å². The summed E-state index contributed by atoms with van der Waals surface area (Å²) in [5.74, 6) is 0.950. The van der Waals surface area contributed by atoms with Crippen LogP contribution in [-0.4, -0.2) is 22.1 Å². The van der Waals surface area contributed by atoms with Crippen molar-refractivity contribution in [2.24, 2.45) is 0 Å². The molecule has 0 spiro atoms. The van der Waals surface area contributed by atoms with Crippen LogP contribution in [0.2, 0.25) is 0 Å². The molecule has 3 N–H and O–H groups in total. The molecule has 0 aliphatic rings. The van der Waals surface area contributed by atoms with E-state index in [2.05, 4.69) is 20.3 Å². The Morgan fingerprint density at radius 1 is 1.41 bits per heavy atom. The number of methoxy groups -OCH3 is 1. The summed E-state index contributed by atoms with van der Waals surface area (Å²) in [6.45, 7) is 2.60. The molecule has 17 heavy (non-hydrogen) atoms. The van der Waals surface area contributed by atoms with Crippen LogP contribution >= 0.6 is 11.3 Å². The highest BCUT2D eigenvalue weighted by Gasteiger charge is 2.08. The molecule has 0 bridgehead atoms. The lowest BCUT2D eigenvalue weighted by molar-refractivity contribution is 0.399. The van der Waals surface area contributed by atoms with Gasteiger partial charge in [0, 0.05) is 11.1 Å². The predicted molar refractivity (Wildman–Crippen MR) is 67.2 cm³/mol. The summed E-state index contributed by atoms with van der Waals surface area (Å²) in [6, 6.07) is 0. The summed E-state index contributed by atoms with van der Waals surface area (Å²) in [4.78, 5) is 13.3. The van der Waals surface area contributed by atoms with Crippen molar-refractivity contribution in [1.29, 1.82) is 0 Å². The highest BCUT2D eigenvalue weighted by atomic mass is 32.1. The third-order valence-corrected chi connectivity index (χ3v) is 3.05. The Morgan fingerprint density at radius 2 is 2.24 bits per heavy atom. The molecular formula is C10H13N5OS. The fourth-order valence-electron chi connectivity index (χ4n) is 1.34. The van der Waals surface area contributed by atoms with E-state index in [1.165, 1.54) is 13.4 Å². The molecule has 0 aliphatic carbocycles. The summed E-state index contributed by atoms with van der Waals surface area (Å²) < 4.78 is 5.02. The minimum Gasteiger partial charge on any atom is -0.479 e. The van der Waals surface area contributed by atoms with Crippen LogP contribution in [0.4, 0.5) is 11.5 Å². The zero-order valence-corrected chi connectivity index (χ0v) is 10.4. The maximum Gasteiger partial charge on any atom is 0.242 e. The van der Waals surface area contributed by atoms with Crippen LogP contribution in [0.3, 0.4) is 0 Å². The van der Waals surface area contributed by atoms with Gasteiger partial charge in [0.2, 0.25) is 5.88 Å². The molecule has 0 radical (unpaired) electrons. The van der Waals surface area contributed by atoms with E-state index in [0.717, 1.165) is 9.88 Å². The quantitative estimate of drug-likeness (QED) is 0.855. The van der Waals surface area contributed by atoms with Gasteiger partial charge in [0.15, 0.2) is 5.82 Å². The topological polar surface area (TPSA) is 86.0 Å². The molecule has 0 saturated heterocycles. The highest BCUT2D eigenvalue weighted by Crippen LogP contribution is 2.24. The molecule has 0 amide bonds. The molecule has 0 saturated carbocycles. The second kappa shape index (κ2) is 4.96. The van der Waals surface area contributed by atoms with E-state index in [4.69, 9.17) is 10.5 Å². The van der Waals surface area contributed by atoms with E-state index in [1.54, 1.807) is 11.3 Å². The summed E-state index contributed by atoms with van der Waals surface area (Å²) in [5, 5.41) is 4.17. The Hall–Kier alpha value is -1.89. The van der Waals surface area contributed by atoms with E-state index >= 15 is 0 Å². The van der Waals surface area contributed by atoms with Gasteiger partial charge in [0.1, 0.15) is 12.0 Å². The first-order valence-electron chi connectivity index (χ1n) is 5.00. The van der Waals surface area contributed by atoms with Crippen molar-refractivity contribution in [2.75, 3.05) is 18.2 Å². The van der Waals surface area contributed by atoms with Crippen molar-refractivity contribution < 1.29 is 4.74 Å². The van der Waals surface area contributed by atoms with E-state index in [0.29, 0.717) is 23.9 Å². The molecule has 6 nitrogen and oxygen atoms in total. The summed E-state index contributed by atoms with van der Waals surface area (Å²) >= 11 is 1.63. The van der Waals surface area contributed by atoms with Gasteiger partial charge in [0.25, 0.3) is 0 Å². The maximum atomic E-state index is 5.84. The maximum absolute atomic E-state index is 5.84. The molecule has 2 aromatic rings. The Bertz CT molecular complexity index is 513. The first-order chi connectivity index (χ1) is 8.20. The van der Waals surface area contributed by atoms with Crippen molar-refractivity contribution in [3.8, 4) is 5.88 Å². The molecule has 0 aliphatic heterocycles. The van der Waals surface area contributed by atoms with Gasteiger partial charge in [-0.1, -0.05) is 0 Å². The Morgan fingerprint density at radius 3 is 2.88 bits per heavy atom. The van der Waals surface area contributed by atoms with Crippen LogP contribution in [-0.2, 0) is 6.54 Å². The number of anilines is 2. The molecule has 2 heterocycles. The molecule has 0 aromatic carbocycles. The highest BCUT2D eigenvalue weighted by molar-refractivity contribution is 7.11. The first kappa shape index (κ1) is 11.6. The Kier molecular flexibility index (Phi) is 3.38. The first-order valence-corrected chi connectivity index (χ1v) is 5.82.